The number of hydrogen-bond acceptors (Lipinski definition) is 2. The van der Waals surface area contributed by atoms with Gasteiger partial charge in [0, 0.05) is 17.4 Å². The summed E-state index contributed by atoms with van der Waals surface area (Å²) in [5.74, 6) is 0.334. The lowest BCUT2D eigenvalue weighted by molar-refractivity contribution is 0.386. The Hall–Kier alpha value is -2.08. The normalized spacial score (nSPS) is 24.5. The van der Waals surface area contributed by atoms with Crippen molar-refractivity contribution in [2.75, 3.05) is 7.11 Å². The molecule has 2 unspecified atom stereocenters. The van der Waals surface area contributed by atoms with E-state index in [1.165, 1.54) is 13.2 Å². The van der Waals surface area contributed by atoms with E-state index in [0.29, 0.717) is 0 Å². The van der Waals surface area contributed by atoms with Gasteiger partial charge in [-0.3, -0.25) is 0 Å². The summed E-state index contributed by atoms with van der Waals surface area (Å²) in [7, 11) is 1.44. The number of hydrogen-bond donors (Lipinski definition) is 0. The van der Waals surface area contributed by atoms with Gasteiger partial charge in [0.1, 0.15) is 0 Å². The number of benzene rings is 1. The van der Waals surface area contributed by atoms with Crippen LogP contribution >= 0.6 is 0 Å². The Kier molecular flexibility index (Phi) is 2.45. The van der Waals surface area contributed by atoms with E-state index < -0.39 is 0 Å². The van der Waals surface area contributed by atoms with Crippen LogP contribution in [0.3, 0.4) is 0 Å². The van der Waals surface area contributed by atoms with Crippen LogP contribution in [0.4, 0.5) is 4.39 Å². The SMILES string of the molecule is COc1ccc(C2=C(C#N)C3C=CC2C3)cc1F. The molecule has 1 aromatic carbocycles. The first kappa shape index (κ1) is 11.0. The van der Waals surface area contributed by atoms with Crippen molar-refractivity contribution in [3.05, 3.63) is 47.3 Å². The molecule has 2 bridgehead atoms. The minimum atomic E-state index is -0.383. The summed E-state index contributed by atoms with van der Waals surface area (Å²) in [5, 5.41) is 9.23. The summed E-state index contributed by atoms with van der Waals surface area (Å²) in [5.41, 5.74) is 2.56. The molecule has 90 valence electrons. The molecule has 0 N–H and O–H groups in total. The Balaban J connectivity index is 2.08. The highest BCUT2D eigenvalue weighted by Gasteiger charge is 2.36. The van der Waals surface area contributed by atoms with Gasteiger partial charge < -0.3 is 4.74 Å². The van der Waals surface area contributed by atoms with Gasteiger partial charge in [-0.05, 0) is 29.7 Å². The first-order valence-electron chi connectivity index (χ1n) is 5.91. The van der Waals surface area contributed by atoms with E-state index in [4.69, 9.17) is 4.74 Å². The maximum absolute atomic E-state index is 13.7. The summed E-state index contributed by atoms with van der Waals surface area (Å²) in [6.07, 6.45) is 5.14. The van der Waals surface area contributed by atoms with E-state index in [0.717, 1.165) is 23.1 Å². The van der Waals surface area contributed by atoms with Crippen LogP contribution in [-0.2, 0) is 0 Å². The lowest BCUT2D eigenvalue weighted by Crippen LogP contribution is -1.98. The average Bonchev–Trinajstić information content (AvgIpc) is 2.98. The number of ether oxygens (including phenoxy) is 1. The second kappa shape index (κ2) is 3.99. The highest BCUT2D eigenvalue weighted by Crippen LogP contribution is 2.48. The number of nitrogens with zero attached hydrogens (tertiary/aromatic N) is 1. The van der Waals surface area contributed by atoms with Gasteiger partial charge in [0.2, 0.25) is 0 Å². The van der Waals surface area contributed by atoms with Crippen molar-refractivity contribution >= 4 is 5.57 Å². The fraction of sp³-hybridized carbons (Fsp3) is 0.267. The predicted molar refractivity (Wildman–Crippen MR) is 66.2 cm³/mol. The molecule has 2 aliphatic carbocycles. The summed E-state index contributed by atoms with van der Waals surface area (Å²) >= 11 is 0. The molecule has 0 aliphatic heterocycles. The second-order valence-electron chi connectivity index (χ2n) is 4.62. The number of halogens is 1. The number of nitriles is 1. The van der Waals surface area contributed by atoms with Crippen LogP contribution in [0.2, 0.25) is 0 Å². The van der Waals surface area contributed by atoms with E-state index in [1.807, 2.05) is 6.07 Å². The van der Waals surface area contributed by atoms with Crippen LogP contribution < -0.4 is 4.74 Å². The molecule has 0 saturated heterocycles. The monoisotopic (exact) mass is 241 g/mol. The van der Waals surface area contributed by atoms with E-state index in [9.17, 15) is 9.65 Å². The van der Waals surface area contributed by atoms with Crippen molar-refractivity contribution in [2.24, 2.45) is 11.8 Å². The average molecular weight is 241 g/mol. The van der Waals surface area contributed by atoms with Crippen LogP contribution in [0.5, 0.6) is 5.75 Å². The lowest BCUT2D eigenvalue weighted by Gasteiger charge is -2.13. The third-order valence-corrected chi connectivity index (χ3v) is 3.70. The van der Waals surface area contributed by atoms with Crippen LogP contribution in [0.15, 0.2) is 35.9 Å². The zero-order valence-corrected chi connectivity index (χ0v) is 9.98. The maximum atomic E-state index is 13.7. The molecular formula is C15H12FNO. The first-order chi connectivity index (χ1) is 8.74. The van der Waals surface area contributed by atoms with Crippen molar-refractivity contribution < 1.29 is 9.13 Å². The van der Waals surface area contributed by atoms with Gasteiger partial charge in [0.25, 0.3) is 0 Å². The summed E-state index contributed by atoms with van der Waals surface area (Å²) < 4.78 is 18.6. The summed E-state index contributed by atoms with van der Waals surface area (Å²) in [6, 6.07) is 7.16. The number of fused-ring (bicyclic) bond motifs is 2. The molecular weight excluding hydrogens is 229 g/mol. The van der Waals surface area contributed by atoms with Crippen LogP contribution in [0, 0.1) is 29.0 Å². The number of rotatable bonds is 2. The zero-order chi connectivity index (χ0) is 12.7. The van der Waals surface area contributed by atoms with E-state index >= 15 is 0 Å². The Morgan fingerprint density at radius 1 is 1.33 bits per heavy atom. The molecule has 3 heteroatoms. The van der Waals surface area contributed by atoms with Crippen molar-refractivity contribution in [1.82, 2.24) is 0 Å². The molecule has 0 spiro atoms. The van der Waals surface area contributed by atoms with Crippen molar-refractivity contribution in [3.63, 3.8) is 0 Å². The fourth-order valence-electron chi connectivity index (χ4n) is 2.87. The summed E-state index contributed by atoms with van der Waals surface area (Å²) in [4.78, 5) is 0. The molecule has 2 atom stereocenters. The Morgan fingerprint density at radius 3 is 2.78 bits per heavy atom. The number of allylic oxidation sites excluding steroid dienone is 4. The molecule has 0 saturated carbocycles. The Labute approximate surface area is 105 Å². The van der Waals surface area contributed by atoms with Gasteiger partial charge in [-0.25, -0.2) is 4.39 Å². The summed E-state index contributed by atoms with van der Waals surface area (Å²) in [6.45, 7) is 0. The topological polar surface area (TPSA) is 33.0 Å². The molecule has 2 aliphatic rings. The van der Waals surface area contributed by atoms with Gasteiger partial charge in [0.15, 0.2) is 11.6 Å². The maximum Gasteiger partial charge on any atom is 0.165 e. The molecule has 18 heavy (non-hydrogen) atoms. The van der Waals surface area contributed by atoms with E-state index in [1.54, 1.807) is 6.07 Å². The third kappa shape index (κ3) is 1.46. The molecule has 0 radical (unpaired) electrons. The molecule has 0 aromatic heterocycles. The fourth-order valence-corrected chi connectivity index (χ4v) is 2.87. The Bertz CT molecular complexity index is 609. The van der Waals surface area contributed by atoms with Crippen LogP contribution in [0.1, 0.15) is 12.0 Å². The zero-order valence-electron chi connectivity index (χ0n) is 9.98. The number of methoxy groups -OCH3 is 1. The molecule has 0 amide bonds. The van der Waals surface area contributed by atoms with Gasteiger partial charge in [-0.15, -0.1) is 0 Å². The van der Waals surface area contributed by atoms with Gasteiger partial charge in [0.05, 0.1) is 13.2 Å². The van der Waals surface area contributed by atoms with Crippen molar-refractivity contribution in [1.29, 1.82) is 5.26 Å². The standard InChI is InChI=1S/C15H12FNO/c1-18-14-5-4-11(7-13(14)16)15-10-3-2-9(6-10)12(15)8-17/h2-5,7,9-10H,6H2,1H3. The van der Waals surface area contributed by atoms with Gasteiger partial charge in [-0.1, -0.05) is 18.2 Å². The van der Waals surface area contributed by atoms with E-state index in [2.05, 4.69) is 18.2 Å². The highest BCUT2D eigenvalue weighted by molar-refractivity contribution is 5.79. The smallest absolute Gasteiger partial charge is 0.165 e. The Morgan fingerprint density at radius 2 is 2.11 bits per heavy atom. The quantitative estimate of drug-likeness (QED) is 0.744. The minimum Gasteiger partial charge on any atom is -0.494 e. The molecule has 2 nitrogen and oxygen atoms in total. The van der Waals surface area contributed by atoms with Crippen LogP contribution in [-0.4, -0.2) is 7.11 Å². The van der Waals surface area contributed by atoms with Crippen molar-refractivity contribution in [3.8, 4) is 11.8 Å². The molecule has 3 rings (SSSR count). The third-order valence-electron chi connectivity index (χ3n) is 3.70. The van der Waals surface area contributed by atoms with Crippen LogP contribution in [0.25, 0.3) is 5.57 Å². The first-order valence-corrected chi connectivity index (χ1v) is 5.91. The highest BCUT2D eigenvalue weighted by atomic mass is 19.1. The van der Waals surface area contributed by atoms with Gasteiger partial charge >= 0.3 is 0 Å². The van der Waals surface area contributed by atoms with Crippen molar-refractivity contribution in [2.45, 2.75) is 6.42 Å². The lowest BCUT2D eigenvalue weighted by atomic mass is 9.91. The van der Waals surface area contributed by atoms with Gasteiger partial charge in [-0.2, -0.15) is 5.26 Å². The predicted octanol–water partition coefficient (Wildman–Crippen LogP) is 3.32. The minimum absolute atomic E-state index is 0.222. The molecule has 1 aromatic rings. The molecule has 0 fully saturated rings. The molecule has 0 heterocycles. The largest absolute Gasteiger partial charge is 0.494 e. The second-order valence-corrected chi connectivity index (χ2v) is 4.62. The van der Waals surface area contributed by atoms with E-state index in [-0.39, 0.29) is 23.4 Å².